The van der Waals surface area contributed by atoms with E-state index in [9.17, 15) is 23.2 Å². The van der Waals surface area contributed by atoms with E-state index >= 15 is 0 Å². The van der Waals surface area contributed by atoms with Crippen LogP contribution in [0.5, 0.6) is 5.75 Å². The molecule has 0 aliphatic rings. The fourth-order valence-electron chi connectivity index (χ4n) is 2.41. The maximum Gasteiger partial charge on any atom is 0.387 e. The Morgan fingerprint density at radius 1 is 1.00 bits per heavy atom. The smallest absolute Gasteiger partial charge is 0.387 e. The first-order chi connectivity index (χ1) is 13.8. The Morgan fingerprint density at radius 2 is 1.66 bits per heavy atom. The maximum absolute atomic E-state index is 12.4. The highest BCUT2D eigenvalue weighted by Gasteiger charge is 2.20. The average molecular weight is 405 g/mol. The van der Waals surface area contributed by atoms with Gasteiger partial charge in [-0.25, -0.2) is 0 Å². The molecule has 0 spiro atoms. The Bertz CT molecular complexity index is 868. The van der Waals surface area contributed by atoms with E-state index in [1.165, 1.54) is 31.2 Å². The molecule has 29 heavy (non-hydrogen) atoms. The highest BCUT2D eigenvalue weighted by Crippen LogP contribution is 2.25. The third-order valence-electron chi connectivity index (χ3n) is 3.97. The van der Waals surface area contributed by atoms with Crippen LogP contribution in [0.1, 0.15) is 35.7 Å². The van der Waals surface area contributed by atoms with Crippen molar-refractivity contribution in [1.29, 1.82) is 0 Å². The molecule has 0 fully saturated rings. The van der Waals surface area contributed by atoms with Crippen LogP contribution in [0.25, 0.3) is 0 Å². The van der Waals surface area contributed by atoms with Crippen molar-refractivity contribution < 1.29 is 32.6 Å². The topological polar surface area (TPSA) is 81.7 Å². The number of hydrogen-bond acceptors (Lipinski definition) is 5. The van der Waals surface area contributed by atoms with Crippen molar-refractivity contribution in [1.82, 2.24) is 0 Å². The van der Waals surface area contributed by atoms with Crippen LogP contribution in [0, 0.1) is 6.92 Å². The van der Waals surface area contributed by atoms with Crippen LogP contribution in [0.15, 0.2) is 48.5 Å². The SMILES string of the molecule is Cc1ccc(C(=O)CCC(=O)OC(C)C(=O)Nc2ccccc2OC(F)F)cc1. The number of hydrogen-bond donors (Lipinski definition) is 1. The van der Waals surface area contributed by atoms with Gasteiger partial charge in [0.1, 0.15) is 5.75 Å². The second-order valence-electron chi connectivity index (χ2n) is 6.29. The highest BCUT2D eigenvalue weighted by atomic mass is 19.3. The van der Waals surface area contributed by atoms with Crippen LogP contribution < -0.4 is 10.1 Å². The molecule has 0 aromatic heterocycles. The molecule has 0 bridgehead atoms. The Labute approximate surface area is 166 Å². The summed E-state index contributed by atoms with van der Waals surface area (Å²) in [5, 5.41) is 2.38. The second-order valence-corrected chi connectivity index (χ2v) is 6.29. The van der Waals surface area contributed by atoms with Gasteiger partial charge in [0.25, 0.3) is 5.91 Å². The molecule has 2 rings (SSSR count). The van der Waals surface area contributed by atoms with E-state index in [0.29, 0.717) is 5.56 Å². The van der Waals surface area contributed by atoms with Gasteiger partial charge in [0.15, 0.2) is 11.9 Å². The predicted molar refractivity (Wildman–Crippen MR) is 102 cm³/mol. The molecule has 6 nitrogen and oxygen atoms in total. The third-order valence-corrected chi connectivity index (χ3v) is 3.97. The van der Waals surface area contributed by atoms with Gasteiger partial charge in [-0.15, -0.1) is 0 Å². The molecule has 8 heteroatoms. The van der Waals surface area contributed by atoms with Gasteiger partial charge >= 0.3 is 12.6 Å². The molecule has 0 saturated heterocycles. The molecule has 0 heterocycles. The van der Waals surface area contributed by atoms with E-state index in [2.05, 4.69) is 10.1 Å². The van der Waals surface area contributed by atoms with Gasteiger partial charge in [-0.05, 0) is 26.0 Å². The van der Waals surface area contributed by atoms with E-state index in [4.69, 9.17) is 4.74 Å². The normalized spacial score (nSPS) is 11.6. The summed E-state index contributed by atoms with van der Waals surface area (Å²) in [6.45, 7) is 0.191. The number of halogens is 2. The Morgan fingerprint density at radius 3 is 2.31 bits per heavy atom. The lowest BCUT2D eigenvalue weighted by molar-refractivity contribution is -0.153. The van der Waals surface area contributed by atoms with Gasteiger partial charge in [0, 0.05) is 12.0 Å². The minimum Gasteiger partial charge on any atom is -0.453 e. The van der Waals surface area contributed by atoms with Crippen molar-refractivity contribution in [3.63, 3.8) is 0 Å². The lowest BCUT2D eigenvalue weighted by Gasteiger charge is -2.15. The molecule has 0 radical (unpaired) electrons. The Kier molecular flexibility index (Phi) is 7.82. The first-order valence-electron chi connectivity index (χ1n) is 8.90. The number of benzene rings is 2. The maximum atomic E-state index is 12.4. The van der Waals surface area contributed by atoms with E-state index in [1.54, 1.807) is 24.3 Å². The predicted octanol–water partition coefficient (Wildman–Crippen LogP) is 4.13. The molecule has 154 valence electrons. The van der Waals surface area contributed by atoms with Crippen molar-refractivity contribution in [2.24, 2.45) is 0 Å². The first-order valence-corrected chi connectivity index (χ1v) is 8.90. The largest absolute Gasteiger partial charge is 0.453 e. The number of nitrogens with one attached hydrogen (secondary N) is 1. The van der Waals surface area contributed by atoms with Crippen LogP contribution in [-0.4, -0.2) is 30.4 Å². The molecule has 0 aliphatic carbocycles. The molecule has 2 aromatic rings. The molecular weight excluding hydrogens is 384 g/mol. The number of para-hydroxylation sites is 2. The van der Waals surface area contributed by atoms with Gasteiger partial charge in [0.05, 0.1) is 12.1 Å². The van der Waals surface area contributed by atoms with E-state index < -0.39 is 24.6 Å². The van der Waals surface area contributed by atoms with Crippen LogP contribution in [0.3, 0.4) is 0 Å². The van der Waals surface area contributed by atoms with Crippen LogP contribution in [0.2, 0.25) is 0 Å². The van der Waals surface area contributed by atoms with Gasteiger partial charge in [-0.3, -0.25) is 14.4 Å². The zero-order chi connectivity index (χ0) is 21.4. The van der Waals surface area contributed by atoms with E-state index in [1.807, 2.05) is 6.92 Å². The molecule has 1 atom stereocenters. The number of carbonyl (C=O) groups is 3. The minimum absolute atomic E-state index is 0.0234. The van der Waals surface area contributed by atoms with Crippen LogP contribution in [0.4, 0.5) is 14.5 Å². The number of rotatable bonds is 9. The summed E-state index contributed by atoms with van der Waals surface area (Å²) < 4.78 is 34.2. The molecular formula is C21H21F2NO5. The van der Waals surface area contributed by atoms with Crippen molar-refractivity contribution in [2.75, 3.05) is 5.32 Å². The zero-order valence-corrected chi connectivity index (χ0v) is 16.0. The average Bonchev–Trinajstić information content (AvgIpc) is 2.67. The number of esters is 1. The molecule has 1 amide bonds. The second kappa shape index (κ2) is 10.3. The Hall–Kier alpha value is -3.29. The summed E-state index contributed by atoms with van der Waals surface area (Å²) in [7, 11) is 0. The van der Waals surface area contributed by atoms with E-state index in [-0.39, 0.29) is 30.1 Å². The number of ketones is 1. The molecule has 1 N–H and O–H groups in total. The standard InChI is InChI=1S/C21H21F2NO5/c1-13-7-9-15(10-8-13)17(25)11-12-19(26)28-14(2)20(27)24-16-5-3-4-6-18(16)29-21(22)23/h3-10,14,21H,11-12H2,1-2H3,(H,24,27). The summed E-state index contributed by atoms with van der Waals surface area (Å²) in [5.41, 5.74) is 1.53. The number of carbonyl (C=O) groups excluding carboxylic acids is 3. The summed E-state index contributed by atoms with van der Waals surface area (Å²) in [6.07, 6.45) is -1.42. The van der Waals surface area contributed by atoms with Crippen molar-refractivity contribution >= 4 is 23.3 Å². The minimum atomic E-state index is -3.05. The summed E-state index contributed by atoms with van der Waals surface area (Å²) in [6, 6.07) is 12.6. The van der Waals surface area contributed by atoms with Crippen molar-refractivity contribution in [3.8, 4) is 5.75 Å². The van der Waals surface area contributed by atoms with Gasteiger partial charge < -0.3 is 14.8 Å². The van der Waals surface area contributed by atoms with Crippen LogP contribution in [-0.2, 0) is 14.3 Å². The van der Waals surface area contributed by atoms with Crippen LogP contribution >= 0.6 is 0 Å². The quantitative estimate of drug-likeness (QED) is 0.501. The summed E-state index contributed by atoms with van der Waals surface area (Å²) >= 11 is 0. The fourth-order valence-corrected chi connectivity index (χ4v) is 2.41. The van der Waals surface area contributed by atoms with Gasteiger partial charge in [-0.1, -0.05) is 42.0 Å². The van der Waals surface area contributed by atoms with E-state index in [0.717, 1.165) is 5.56 Å². The summed E-state index contributed by atoms with van der Waals surface area (Å²) in [4.78, 5) is 36.2. The number of ether oxygens (including phenoxy) is 2. The number of alkyl halides is 2. The molecule has 2 aromatic carbocycles. The van der Waals surface area contributed by atoms with Crippen molar-refractivity contribution in [2.45, 2.75) is 39.4 Å². The highest BCUT2D eigenvalue weighted by molar-refractivity contribution is 5.98. The van der Waals surface area contributed by atoms with Crippen molar-refractivity contribution in [3.05, 3.63) is 59.7 Å². The van der Waals surface area contributed by atoms with Gasteiger partial charge in [0.2, 0.25) is 0 Å². The monoisotopic (exact) mass is 405 g/mol. The number of aryl methyl sites for hydroxylation is 1. The first kappa shape index (κ1) is 22.0. The number of anilines is 1. The summed E-state index contributed by atoms with van der Waals surface area (Å²) in [5.74, 6) is -1.85. The molecule has 0 saturated carbocycles. The molecule has 1 unspecified atom stereocenters. The lowest BCUT2D eigenvalue weighted by Crippen LogP contribution is -2.30. The zero-order valence-electron chi connectivity index (χ0n) is 16.0. The van der Waals surface area contributed by atoms with Gasteiger partial charge in [-0.2, -0.15) is 8.78 Å². The molecule has 0 aliphatic heterocycles. The lowest BCUT2D eigenvalue weighted by atomic mass is 10.1. The number of Topliss-reactive ketones (excluding diaryl/α,β-unsaturated/α-hetero) is 1. The fraction of sp³-hybridized carbons (Fsp3) is 0.286. The number of amides is 1. The third kappa shape index (κ3) is 6.99. The Balaban J connectivity index is 1.85.